The molecule has 0 unspecified atom stereocenters. The number of rotatable bonds is 5. The van der Waals surface area contributed by atoms with Gasteiger partial charge >= 0.3 is 0 Å². The number of unbranched alkanes of at least 4 members (excludes halogenated alkanes) is 1. The molecule has 19 heavy (non-hydrogen) atoms. The van der Waals surface area contributed by atoms with Crippen molar-refractivity contribution in [1.82, 2.24) is 4.90 Å². The second-order valence-corrected chi connectivity index (χ2v) is 7.88. The minimum atomic E-state index is -0.540. The topological polar surface area (TPSA) is 40.5 Å². The van der Waals surface area contributed by atoms with E-state index >= 15 is 0 Å². The molecule has 5 heteroatoms. The lowest BCUT2D eigenvalue weighted by molar-refractivity contribution is -0.131. The van der Waals surface area contributed by atoms with Gasteiger partial charge in [0, 0.05) is 5.75 Å². The highest BCUT2D eigenvalue weighted by molar-refractivity contribution is 8.23. The van der Waals surface area contributed by atoms with Crippen LogP contribution in [0.15, 0.2) is 0 Å². The van der Waals surface area contributed by atoms with Gasteiger partial charge in [-0.25, -0.2) is 0 Å². The van der Waals surface area contributed by atoms with Crippen LogP contribution in [0.25, 0.3) is 0 Å². The zero-order valence-corrected chi connectivity index (χ0v) is 13.9. The molecule has 0 aromatic carbocycles. The van der Waals surface area contributed by atoms with Crippen molar-refractivity contribution in [2.24, 2.45) is 5.41 Å². The highest BCUT2D eigenvalue weighted by Gasteiger charge is 2.40. The van der Waals surface area contributed by atoms with Crippen LogP contribution < -0.4 is 0 Å². The lowest BCUT2D eigenvalue weighted by atomic mass is 9.87. The molecular weight excluding hydrogens is 278 g/mol. The third kappa shape index (κ3) is 4.72. The van der Waals surface area contributed by atoms with E-state index in [1.807, 2.05) is 0 Å². The molecule has 0 saturated carbocycles. The number of hydrogen-bond donors (Lipinski definition) is 1. The van der Waals surface area contributed by atoms with E-state index in [9.17, 15) is 9.90 Å². The quantitative estimate of drug-likeness (QED) is 0.792. The van der Waals surface area contributed by atoms with Crippen molar-refractivity contribution in [3.8, 4) is 0 Å². The fraction of sp³-hybridized carbons (Fsp3) is 0.857. The molecule has 1 rings (SSSR count). The minimum Gasteiger partial charge on any atom is -0.393 e. The van der Waals surface area contributed by atoms with Crippen molar-refractivity contribution >= 4 is 34.2 Å². The predicted molar refractivity (Wildman–Crippen MR) is 85.3 cm³/mol. The number of aliphatic hydroxyl groups is 1. The van der Waals surface area contributed by atoms with Crippen LogP contribution in [0, 0.1) is 5.41 Å². The molecule has 1 N–H and O–H groups in total. The number of carbonyl (C=O) groups excluding carboxylic acids is 1. The SMILES string of the molecule is CCCC[C@@H](O)CC(=O)N1C(=S)SC[C@@H]1C(C)(C)C. The number of amides is 1. The minimum absolute atomic E-state index is 0.0115. The molecule has 0 bridgehead atoms. The van der Waals surface area contributed by atoms with Crippen LogP contribution >= 0.6 is 24.0 Å². The van der Waals surface area contributed by atoms with Crippen molar-refractivity contribution in [1.29, 1.82) is 0 Å². The van der Waals surface area contributed by atoms with E-state index in [1.54, 1.807) is 16.7 Å². The molecule has 1 amide bonds. The van der Waals surface area contributed by atoms with Crippen molar-refractivity contribution in [3.05, 3.63) is 0 Å². The van der Waals surface area contributed by atoms with Crippen LogP contribution in [0.1, 0.15) is 53.4 Å². The number of aliphatic hydroxyl groups excluding tert-OH is 1. The Balaban J connectivity index is 2.65. The molecule has 1 aliphatic heterocycles. The number of thioether (sulfide) groups is 1. The summed E-state index contributed by atoms with van der Waals surface area (Å²) >= 11 is 6.86. The van der Waals surface area contributed by atoms with Crippen LogP contribution in [0.4, 0.5) is 0 Å². The summed E-state index contributed by atoms with van der Waals surface area (Å²) in [4.78, 5) is 14.1. The lowest BCUT2D eigenvalue weighted by Crippen LogP contribution is -2.46. The average molecular weight is 303 g/mol. The molecule has 0 aliphatic carbocycles. The van der Waals surface area contributed by atoms with Gasteiger partial charge in [0.2, 0.25) is 5.91 Å². The number of hydrogen-bond acceptors (Lipinski definition) is 4. The van der Waals surface area contributed by atoms with Crippen molar-refractivity contribution in [3.63, 3.8) is 0 Å². The van der Waals surface area contributed by atoms with Crippen molar-refractivity contribution < 1.29 is 9.90 Å². The molecule has 0 aromatic rings. The Morgan fingerprint density at radius 1 is 1.58 bits per heavy atom. The second kappa shape index (κ2) is 7.04. The molecular formula is C14H25NO2S2. The second-order valence-electron chi connectivity index (χ2n) is 6.22. The highest BCUT2D eigenvalue weighted by Crippen LogP contribution is 2.36. The van der Waals surface area contributed by atoms with Crippen LogP contribution in [-0.4, -0.2) is 38.1 Å². The van der Waals surface area contributed by atoms with E-state index in [0.717, 1.165) is 18.6 Å². The van der Waals surface area contributed by atoms with Crippen molar-refractivity contribution in [2.75, 3.05) is 5.75 Å². The third-order valence-corrected chi connectivity index (χ3v) is 4.92. The third-order valence-electron chi connectivity index (χ3n) is 3.44. The van der Waals surface area contributed by atoms with E-state index in [4.69, 9.17) is 12.2 Å². The first-order valence-corrected chi connectivity index (χ1v) is 8.33. The van der Waals surface area contributed by atoms with Gasteiger partial charge in [0.25, 0.3) is 0 Å². The summed E-state index contributed by atoms with van der Waals surface area (Å²) < 4.78 is 0.660. The molecule has 1 heterocycles. The zero-order chi connectivity index (χ0) is 14.6. The molecule has 2 atom stereocenters. The van der Waals surface area contributed by atoms with Gasteiger partial charge < -0.3 is 5.11 Å². The van der Waals surface area contributed by atoms with E-state index in [0.29, 0.717) is 10.7 Å². The van der Waals surface area contributed by atoms with Crippen molar-refractivity contribution in [2.45, 2.75) is 65.5 Å². The molecule has 0 radical (unpaired) electrons. The number of thiocarbonyl (C=S) groups is 1. The molecule has 1 fully saturated rings. The normalized spacial score (nSPS) is 21.8. The van der Waals surface area contributed by atoms with Gasteiger partial charge in [0.05, 0.1) is 18.6 Å². The molecule has 0 spiro atoms. The average Bonchev–Trinajstić information content (AvgIpc) is 2.68. The maximum absolute atomic E-state index is 12.4. The number of nitrogens with zero attached hydrogens (tertiary/aromatic N) is 1. The van der Waals surface area contributed by atoms with E-state index in [-0.39, 0.29) is 23.8 Å². The smallest absolute Gasteiger partial charge is 0.230 e. The Hall–Kier alpha value is -0.130. The van der Waals surface area contributed by atoms with Gasteiger partial charge in [-0.15, -0.1) is 0 Å². The van der Waals surface area contributed by atoms with Crippen LogP contribution in [0.3, 0.4) is 0 Å². The summed E-state index contributed by atoms with van der Waals surface area (Å²) in [5, 5.41) is 9.89. The summed E-state index contributed by atoms with van der Waals surface area (Å²) in [5.74, 6) is 0.831. The Bertz CT molecular complexity index is 339. The van der Waals surface area contributed by atoms with Gasteiger partial charge in [-0.3, -0.25) is 9.69 Å². The Kier molecular flexibility index (Phi) is 6.27. The number of carbonyl (C=O) groups is 1. The van der Waals surface area contributed by atoms with Gasteiger partial charge in [-0.2, -0.15) is 0 Å². The summed E-state index contributed by atoms with van der Waals surface area (Å²) in [6.45, 7) is 8.45. The maximum atomic E-state index is 12.4. The van der Waals surface area contributed by atoms with Gasteiger partial charge in [-0.1, -0.05) is 64.5 Å². The summed E-state index contributed by atoms with van der Waals surface area (Å²) in [7, 11) is 0. The predicted octanol–water partition coefficient (Wildman–Crippen LogP) is 3.20. The summed E-state index contributed by atoms with van der Waals surface area (Å²) in [6.07, 6.45) is 2.33. The molecule has 110 valence electrons. The Morgan fingerprint density at radius 3 is 2.74 bits per heavy atom. The van der Waals surface area contributed by atoms with Crippen LogP contribution in [0.2, 0.25) is 0 Å². The van der Waals surface area contributed by atoms with E-state index in [2.05, 4.69) is 27.7 Å². The zero-order valence-electron chi connectivity index (χ0n) is 12.3. The maximum Gasteiger partial charge on any atom is 0.230 e. The largest absolute Gasteiger partial charge is 0.393 e. The lowest BCUT2D eigenvalue weighted by Gasteiger charge is -2.34. The van der Waals surface area contributed by atoms with Crippen LogP contribution in [0.5, 0.6) is 0 Å². The van der Waals surface area contributed by atoms with Gasteiger partial charge in [0.1, 0.15) is 4.32 Å². The summed E-state index contributed by atoms with van der Waals surface area (Å²) in [6, 6.07) is 0.135. The molecule has 3 nitrogen and oxygen atoms in total. The molecule has 1 aliphatic rings. The first-order valence-electron chi connectivity index (χ1n) is 6.94. The fourth-order valence-corrected chi connectivity index (χ4v) is 3.93. The first kappa shape index (κ1) is 16.9. The first-order chi connectivity index (χ1) is 8.77. The standard InChI is InChI=1S/C14H25NO2S2/c1-5-6-7-10(16)8-12(17)15-11(14(2,3)4)9-19-13(15)18/h10-11,16H,5-9H2,1-4H3/t10-,11-/m1/s1. The molecule has 0 aromatic heterocycles. The van der Waals surface area contributed by atoms with Crippen LogP contribution in [-0.2, 0) is 4.79 Å². The highest BCUT2D eigenvalue weighted by atomic mass is 32.2. The van der Waals surface area contributed by atoms with E-state index in [1.165, 1.54) is 0 Å². The molecule has 1 saturated heterocycles. The Morgan fingerprint density at radius 2 is 2.21 bits per heavy atom. The fourth-order valence-electron chi connectivity index (χ4n) is 2.18. The van der Waals surface area contributed by atoms with Gasteiger partial charge in [-0.05, 0) is 11.8 Å². The van der Waals surface area contributed by atoms with Gasteiger partial charge in [0.15, 0.2) is 0 Å². The monoisotopic (exact) mass is 303 g/mol. The Labute approximate surface area is 126 Å². The summed E-state index contributed by atoms with van der Waals surface area (Å²) in [5.41, 5.74) is 0.0115. The van der Waals surface area contributed by atoms with E-state index < -0.39 is 6.10 Å².